The van der Waals surface area contributed by atoms with Gasteiger partial charge in [-0.1, -0.05) is 11.6 Å². The van der Waals surface area contributed by atoms with E-state index in [1.165, 1.54) is 7.11 Å². The number of hydrogen-bond donors (Lipinski definition) is 2. The predicted molar refractivity (Wildman–Crippen MR) is 57.0 cm³/mol. The molecule has 15 heavy (non-hydrogen) atoms. The van der Waals surface area contributed by atoms with E-state index in [0.717, 1.165) is 6.07 Å². The molecule has 5 heteroatoms. The van der Waals surface area contributed by atoms with Gasteiger partial charge in [-0.3, -0.25) is 0 Å². The molecule has 0 aliphatic carbocycles. The van der Waals surface area contributed by atoms with E-state index in [1.54, 1.807) is 6.92 Å². The molecule has 0 saturated heterocycles. The molecular formula is C10H13ClFNO2. The average Bonchev–Trinajstić information content (AvgIpc) is 2.18. The molecule has 1 aromatic carbocycles. The lowest BCUT2D eigenvalue weighted by molar-refractivity contribution is 0.366. The van der Waals surface area contributed by atoms with Crippen LogP contribution >= 0.6 is 11.6 Å². The van der Waals surface area contributed by atoms with Gasteiger partial charge in [-0.15, -0.1) is 0 Å². The van der Waals surface area contributed by atoms with Gasteiger partial charge in [0, 0.05) is 17.7 Å². The number of halogens is 2. The van der Waals surface area contributed by atoms with Crippen LogP contribution in [0.25, 0.3) is 0 Å². The summed E-state index contributed by atoms with van der Waals surface area (Å²) in [6, 6.07) is 0.822. The monoisotopic (exact) mass is 233 g/mol. The molecule has 1 unspecified atom stereocenters. The maximum absolute atomic E-state index is 13.3. The van der Waals surface area contributed by atoms with Crippen molar-refractivity contribution in [3.8, 4) is 11.5 Å². The zero-order chi connectivity index (χ0) is 11.6. The van der Waals surface area contributed by atoms with Gasteiger partial charge in [-0.05, 0) is 13.3 Å². The molecule has 0 aromatic heterocycles. The van der Waals surface area contributed by atoms with Gasteiger partial charge in [-0.25, -0.2) is 4.39 Å². The van der Waals surface area contributed by atoms with Crippen LogP contribution in [0.15, 0.2) is 6.07 Å². The van der Waals surface area contributed by atoms with E-state index in [9.17, 15) is 9.50 Å². The lowest BCUT2D eigenvalue weighted by Gasteiger charge is -2.13. The first-order valence-electron chi connectivity index (χ1n) is 4.46. The van der Waals surface area contributed by atoms with E-state index in [0.29, 0.717) is 6.42 Å². The van der Waals surface area contributed by atoms with Crippen LogP contribution in [0.3, 0.4) is 0 Å². The summed E-state index contributed by atoms with van der Waals surface area (Å²) in [5.41, 5.74) is 5.85. The Morgan fingerprint density at radius 1 is 1.67 bits per heavy atom. The number of rotatable bonds is 3. The second-order valence-corrected chi connectivity index (χ2v) is 3.76. The number of phenolic OH excluding ortho intramolecular Hbond substituents is 1. The van der Waals surface area contributed by atoms with Crippen molar-refractivity contribution in [2.24, 2.45) is 5.73 Å². The minimum Gasteiger partial charge on any atom is -0.504 e. The third-order valence-electron chi connectivity index (χ3n) is 2.00. The predicted octanol–water partition coefficient (Wildman–Crippen LogP) is 2.08. The van der Waals surface area contributed by atoms with Gasteiger partial charge in [0.15, 0.2) is 11.5 Å². The summed E-state index contributed by atoms with van der Waals surface area (Å²) in [5.74, 6) is -0.712. The minimum atomic E-state index is -0.623. The number of aromatic hydroxyl groups is 1. The summed E-state index contributed by atoms with van der Waals surface area (Å²) >= 11 is 5.73. The van der Waals surface area contributed by atoms with E-state index in [-0.39, 0.29) is 28.1 Å². The van der Waals surface area contributed by atoms with E-state index in [2.05, 4.69) is 0 Å². The van der Waals surface area contributed by atoms with Crippen molar-refractivity contribution in [2.75, 3.05) is 7.11 Å². The second-order valence-electron chi connectivity index (χ2n) is 3.38. The normalized spacial score (nSPS) is 12.6. The van der Waals surface area contributed by atoms with Crippen LogP contribution in [-0.4, -0.2) is 18.3 Å². The van der Waals surface area contributed by atoms with Gasteiger partial charge in [0.1, 0.15) is 5.82 Å². The highest BCUT2D eigenvalue weighted by Gasteiger charge is 2.17. The van der Waals surface area contributed by atoms with Gasteiger partial charge in [0.05, 0.1) is 12.1 Å². The van der Waals surface area contributed by atoms with Crippen molar-refractivity contribution in [3.05, 3.63) is 22.5 Å². The van der Waals surface area contributed by atoms with Crippen molar-refractivity contribution < 1.29 is 14.2 Å². The van der Waals surface area contributed by atoms with E-state index in [1.807, 2.05) is 0 Å². The Morgan fingerprint density at radius 3 is 2.73 bits per heavy atom. The third kappa shape index (κ3) is 2.52. The molecule has 0 fully saturated rings. The SMILES string of the molecule is COc1cc(F)c(Cl)c(CC(C)N)c1O. The van der Waals surface area contributed by atoms with Crippen LogP contribution in [0.4, 0.5) is 4.39 Å². The molecule has 0 radical (unpaired) electrons. The van der Waals surface area contributed by atoms with Crippen LogP contribution < -0.4 is 10.5 Å². The van der Waals surface area contributed by atoms with Crippen LogP contribution in [0.5, 0.6) is 11.5 Å². The van der Waals surface area contributed by atoms with Crippen molar-refractivity contribution in [1.29, 1.82) is 0 Å². The fourth-order valence-electron chi connectivity index (χ4n) is 1.31. The molecule has 0 bridgehead atoms. The molecule has 1 atom stereocenters. The quantitative estimate of drug-likeness (QED) is 0.841. The maximum atomic E-state index is 13.3. The summed E-state index contributed by atoms with van der Waals surface area (Å²) in [6.45, 7) is 1.74. The van der Waals surface area contributed by atoms with Crippen molar-refractivity contribution in [1.82, 2.24) is 0 Å². The summed E-state index contributed by atoms with van der Waals surface area (Å²) in [6.07, 6.45) is 0.290. The van der Waals surface area contributed by atoms with E-state index < -0.39 is 5.82 Å². The molecule has 0 amide bonds. The first kappa shape index (κ1) is 12.1. The highest BCUT2D eigenvalue weighted by molar-refractivity contribution is 6.31. The minimum absolute atomic E-state index is 0.0625. The Hall–Kier alpha value is -1.00. The van der Waals surface area contributed by atoms with Crippen LogP contribution in [0.1, 0.15) is 12.5 Å². The van der Waals surface area contributed by atoms with E-state index in [4.69, 9.17) is 22.1 Å². The van der Waals surface area contributed by atoms with Crippen LogP contribution in [0, 0.1) is 5.82 Å². The number of benzene rings is 1. The topological polar surface area (TPSA) is 55.5 Å². The van der Waals surface area contributed by atoms with Crippen molar-refractivity contribution in [2.45, 2.75) is 19.4 Å². The fraction of sp³-hybridized carbons (Fsp3) is 0.400. The van der Waals surface area contributed by atoms with Crippen LogP contribution in [-0.2, 0) is 6.42 Å². The molecular weight excluding hydrogens is 221 g/mol. The molecule has 0 aliphatic heterocycles. The number of methoxy groups -OCH3 is 1. The first-order valence-corrected chi connectivity index (χ1v) is 4.84. The molecule has 3 N–H and O–H groups in total. The Labute approximate surface area is 92.6 Å². The molecule has 3 nitrogen and oxygen atoms in total. The third-order valence-corrected chi connectivity index (χ3v) is 2.41. The maximum Gasteiger partial charge on any atom is 0.163 e. The average molecular weight is 234 g/mol. The second kappa shape index (κ2) is 4.68. The zero-order valence-corrected chi connectivity index (χ0v) is 9.31. The van der Waals surface area contributed by atoms with Gasteiger partial charge >= 0.3 is 0 Å². The summed E-state index contributed by atoms with van der Waals surface area (Å²) in [4.78, 5) is 0. The number of ether oxygens (including phenoxy) is 1. The highest BCUT2D eigenvalue weighted by atomic mass is 35.5. The first-order chi connectivity index (χ1) is 6.97. The highest BCUT2D eigenvalue weighted by Crippen LogP contribution is 2.37. The molecule has 1 aromatic rings. The molecule has 0 heterocycles. The lowest BCUT2D eigenvalue weighted by Crippen LogP contribution is -2.18. The zero-order valence-electron chi connectivity index (χ0n) is 8.55. The van der Waals surface area contributed by atoms with Gasteiger partial charge < -0.3 is 15.6 Å². The van der Waals surface area contributed by atoms with Crippen molar-refractivity contribution >= 4 is 11.6 Å². The Bertz CT molecular complexity index is 369. The molecule has 0 saturated carbocycles. The van der Waals surface area contributed by atoms with Crippen LogP contribution in [0.2, 0.25) is 5.02 Å². The largest absolute Gasteiger partial charge is 0.504 e. The molecule has 0 aliphatic rings. The van der Waals surface area contributed by atoms with Gasteiger partial charge in [0.25, 0.3) is 0 Å². The Balaban J connectivity index is 3.27. The molecule has 1 rings (SSSR count). The molecule has 0 spiro atoms. The summed E-state index contributed by atoms with van der Waals surface area (Å²) in [7, 11) is 1.35. The summed E-state index contributed by atoms with van der Waals surface area (Å²) in [5, 5.41) is 9.61. The summed E-state index contributed by atoms with van der Waals surface area (Å²) < 4.78 is 18.1. The fourth-order valence-corrected chi connectivity index (χ4v) is 1.53. The van der Waals surface area contributed by atoms with Gasteiger partial charge in [0.2, 0.25) is 0 Å². The lowest BCUT2D eigenvalue weighted by atomic mass is 10.1. The van der Waals surface area contributed by atoms with E-state index >= 15 is 0 Å². The number of hydrogen-bond acceptors (Lipinski definition) is 3. The molecule has 84 valence electrons. The number of nitrogens with two attached hydrogens (primary N) is 1. The standard InChI is InChI=1S/C10H13ClFNO2/c1-5(13)3-6-9(11)7(12)4-8(15-2)10(6)14/h4-5,14H,3,13H2,1-2H3. The van der Waals surface area contributed by atoms with Gasteiger partial charge in [-0.2, -0.15) is 0 Å². The smallest absolute Gasteiger partial charge is 0.163 e. The Morgan fingerprint density at radius 2 is 2.27 bits per heavy atom. The van der Waals surface area contributed by atoms with Crippen molar-refractivity contribution in [3.63, 3.8) is 0 Å². The Kier molecular flexibility index (Phi) is 3.77. The number of phenols is 1.